The zero-order valence-corrected chi connectivity index (χ0v) is 24.5. The summed E-state index contributed by atoms with van der Waals surface area (Å²) in [6, 6.07) is 24.0. The summed E-state index contributed by atoms with van der Waals surface area (Å²) in [5, 5.41) is 5.48. The monoisotopic (exact) mass is 644 g/mol. The third kappa shape index (κ3) is 8.64. The minimum atomic E-state index is -3.37. The van der Waals surface area contributed by atoms with Crippen molar-refractivity contribution in [3.8, 4) is 0 Å². The molecule has 206 valence electrons. The first kappa shape index (κ1) is 29.8. The van der Waals surface area contributed by atoms with Crippen molar-refractivity contribution in [2.75, 3.05) is 0 Å². The summed E-state index contributed by atoms with van der Waals surface area (Å²) in [6.07, 6.45) is 0. The van der Waals surface area contributed by atoms with Crippen LogP contribution in [-0.4, -0.2) is 35.8 Å². The summed E-state index contributed by atoms with van der Waals surface area (Å²) in [5.41, 5.74) is 0.824. The zero-order valence-electron chi connectivity index (χ0n) is 22.3. The van der Waals surface area contributed by atoms with Crippen LogP contribution in [0.15, 0.2) is 91.0 Å². The van der Waals surface area contributed by atoms with Gasteiger partial charge in [0.05, 0.1) is 0 Å². The van der Waals surface area contributed by atoms with Gasteiger partial charge in [-0.05, 0) is 0 Å². The fourth-order valence-electron chi connectivity index (χ4n) is 3.48. The van der Waals surface area contributed by atoms with E-state index in [1.54, 1.807) is 119 Å². The minimum absolute atomic E-state index is 0.289. The van der Waals surface area contributed by atoms with E-state index in [-0.39, 0.29) is 11.8 Å². The number of rotatable bonds is 11. The van der Waals surface area contributed by atoms with Crippen LogP contribution in [0.3, 0.4) is 0 Å². The molecule has 0 bridgehead atoms. The van der Waals surface area contributed by atoms with Crippen molar-refractivity contribution < 1.29 is 25.3 Å². The SMILES string of the molecule is CC(C)[C@H](NC(=O)c1ccccc1)C(=O)OI(OC(=O)[C@@H](NC(=O)c1ccccc1)C(C)C)c1ccccc1. The van der Waals surface area contributed by atoms with E-state index in [9.17, 15) is 19.2 Å². The van der Waals surface area contributed by atoms with Gasteiger partial charge in [-0.15, -0.1) is 0 Å². The van der Waals surface area contributed by atoms with E-state index in [1.807, 2.05) is 0 Å². The fourth-order valence-corrected chi connectivity index (χ4v) is 6.42. The normalized spacial score (nSPS) is 12.7. The van der Waals surface area contributed by atoms with E-state index in [0.717, 1.165) is 0 Å². The van der Waals surface area contributed by atoms with E-state index in [4.69, 9.17) is 6.13 Å². The summed E-state index contributed by atoms with van der Waals surface area (Å²) in [5.74, 6) is -2.78. The summed E-state index contributed by atoms with van der Waals surface area (Å²) < 4.78 is 12.2. The van der Waals surface area contributed by atoms with Crippen molar-refractivity contribution in [3.05, 3.63) is 106 Å². The van der Waals surface area contributed by atoms with Gasteiger partial charge in [0.2, 0.25) is 0 Å². The number of carbonyl (C=O) groups is 4. The van der Waals surface area contributed by atoms with E-state index >= 15 is 0 Å². The van der Waals surface area contributed by atoms with Gasteiger partial charge in [0, 0.05) is 0 Å². The van der Waals surface area contributed by atoms with Gasteiger partial charge in [-0.25, -0.2) is 0 Å². The average Bonchev–Trinajstić information content (AvgIpc) is 2.94. The molecule has 0 aromatic heterocycles. The molecule has 0 unspecified atom stereocenters. The quantitative estimate of drug-likeness (QED) is 0.278. The Bertz CT molecular complexity index is 1170. The number of hydrogen-bond donors (Lipinski definition) is 2. The Balaban J connectivity index is 1.78. The maximum absolute atomic E-state index is 13.3. The van der Waals surface area contributed by atoms with Gasteiger partial charge < -0.3 is 0 Å². The molecule has 0 fully saturated rings. The van der Waals surface area contributed by atoms with Crippen LogP contribution in [0.4, 0.5) is 0 Å². The van der Waals surface area contributed by atoms with Gasteiger partial charge >= 0.3 is 238 Å². The molecule has 3 aromatic carbocycles. The van der Waals surface area contributed by atoms with Crippen molar-refractivity contribution in [3.63, 3.8) is 0 Å². The Labute approximate surface area is 237 Å². The molecule has 3 aromatic rings. The molecule has 0 saturated heterocycles. The number of nitrogens with one attached hydrogen (secondary N) is 2. The Morgan fingerprint density at radius 1 is 0.564 bits per heavy atom. The molecule has 0 spiro atoms. The predicted octanol–water partition coefficient (Wildman–Crippen LogP) is 5.19. The molecule has 9 heteroatoms. The first-order valence-corrected chi connectivity index (χ1v) is 15.4. The van der Waals surface area contributed by atoms with Gasteiger partial charge in [-0.1, -0.05) is 0 Å². The second kappa shape index (κ2) is 14.4. The molecule has 0 aliphatic rings. The number of hydrogen-bond acceptors (Lipinski definition) is 6. The van der Waals surface area contributed by atoms with Crippen molar-refractivity contribution in [1.82, 2.24) is 10.6 Å². The molecule has 0 saturated carbocycles. The second-order valence-electron chi connectivity index (χ2n) is 9.43. The summed E-state index contributed by atoms with van der Waals surface area (Å²) >= 11 is -3.37. The summed E-state index contributed by atoms with van der Waals surface area (Å²) in [4.78, 5) is 52.1. The third-order valence-electron chi connectivity index (χ3n) is 5.69. The summed E-state index contributed by atoms with van der Waals surface area (Å²) in [7, 11) is 0. The van der Waals surface area contributed by atoms with Crippen LogP contribution in [-0.2, 0) is 15.7 Å². The van der Waals surface area contributed by atoms with Crippen LogP contribution in [0.1, 0.15) is 48.4 Å². The van der Waals surface area contributed by atoms with E-state index in [2.05, 4.69) is 10.6 Å². The second-order valence-corrected chi connectivity index (χ2v) is 12.8. The molecule has 8 nitrogen and oxygen atoms in total. The Kier molecular flexibility index (Phi) is 11.0. The average molecular weight is 645 g/mol. The van der Waals surface area contributed by atoms with Crippen LogP contribution in [0.2, 0.25) is 0 Å². The molecule has 3 rings (SSSR count). The van der Waals surface area contributed by atoms with Crippen LogP contribution in [0.5, 0.6) is 0 Å². The topological polar surface area (TPSA) is 111 Å². The van der Waals surface area contributed by atoms with Gasteiger partial charge in [0.25, 0.3) is 0 Å². The van der Waals surface area contributed by atoms with Crippen molar-refractivity contribution in [1.29, 1.82) is 0 Å². The van der Waals surface area contributed by atoms with Crippen LogP contribution in [0.25, 0.3) is 0 Å². The van der Waals surface area contributed by atoms with E-state index in [0.29, 0.717) is 14.7 Å². The van der Waals surface area contributed by atoms with Crippen molar-refractivity contribution in [2.45, 2.75) is 39.8 Å². The van der Waals surface area contributed by atoms with Gasteiger partial charge in [-0.3, -0.25) is 0 Å². The van der Waals surface area contributed by atoms with Crippen LogP contribution < -0.4 is 10.6 Å². The first-order chi connectivity index (χ1) is 18.7. The van der Waals surface area contributed by atoms with Gasteiger partial charge in [-0.2, -0.15) is 0 Å². The standard InChI is InChI=1S/C30H33IN2O6/c1-20(2)25(32-27(34)22-14-8-5-9-15-22)29(36)38-31(24-18-12-7-13-19-24)39-30(37)26(21(3)4)33-28(35)23-16-10-6-11-17-23/h5-21,25-26H,1-4H3,(H,32,34)(H,33,35)/t25-,26-/m0/s1. The Morgan fingerprint density at radius 2 is 0.897 bits per heavy atom. The molecular weight excluding hydrogens is 611 g/mol. The summed E-state index contributed by atoms with van der Waals surface area (Å²) in [6.45, 7) is 7.16. The molecule has 0 heterocycles. The number of halogens is 1. The molecular formula is C30H33IN2O6. The molecule has 39 heavy (non-hydrogen) atoms. The van der Waals surface area contributed by atoms with Crippen LogP contribution >= 0.6 is 20.6 Å². The van der Waals surface area contributed by atoms with Crippen molar-refractivity contribution >= 4 is 44.4 Å². The third-order valence-corrected chi connectivity index (χ3v) is 9.09. The van der Waals surface area contributed by atoms with Gasteiger partial charge in [0.15, 0.2) is 0 Å². The number of carbonyl (C=O) groups excluding carboxylic acids is 4. The number of benzene rings is 3. The molecule has 2 amide bonds. The molecule has 0 aliphatic heterocycles. The fraction of sp³-hybridized carbons (Fsp3) is 0.267. The molecule has 2 N–H and O–H groups in total. The number of amides is 2. The maximum atomic E-state index is 13.3. The van der Waals surface area contributed by atoms with Crippen LogP contribution in [0, 0.1) is 15.4 Å². The molecule has 0 aliphatic carbocycles. The first-order valence-electron chi connectivity index (χ1n) is 12.6. The van der Waals surface area contributed by atoms with E-state index in [1.165, 1.54) is 0 Å². The zero-order chi connectivity index (χ0) is 28.4. The van der Waals surface area contributed by atoms with Gasteiger partial charge in [0.1, 0.15) is 0 Å². The predicted molar refractivity (Wildman–Crippen MR) is 156 cm³/mol. The Hall–Kier alpha value is -3.73. The van der Waals surface area contributed by atoms with E-state index < -0.39 is 56.5 Å². The molecule has 2 atom stereocenters. The molecule has 0 radical (unpaired) electrons. The van der Waals surface area contributed by atoms with Crippen molar-refractivity contribution in [2.24, 2.45) is 11.8 Å². The Morgan fingerprint density at radius 3 is 1.23 bits per heavy atom.